The number of furan rings is 1. The first-order valence-electron chi connectivity index (χ1n) is 9.71. The zero-order valence-electron chi connectivity index (χ0n) is 16.8. The van der Waals surface area contributed by atoms with E-state index in [0.29, 0.717) is 31.4 Å². The lowest BCUT2D eigenvalue weighted by molar-refractivity contribution is 0.339. The molecule has 0 aliphatic heterocycles. The third-order valence-corrected chi connectivity index (χ3v) is 4.60. The molecule has 0 bridgehead atoms. The predicted octanol–water partition coefficient (Wildman–Crippen LogP) is 5.48. The van der Waals surface area contributed by atoms with E-state index in [0.717, 1.165) is 28.5 Å². The Kier molecular flexibility index (Phi) is 7.53. The maximum Gasteiger partial charge on any atom is 0.174 e. The van der Waals surface area contributed by atoms with E-state index in [-0.39, 0.29) is 0 Å². The third-order valence-electron chi connectivity index (χ3n) is 4.24. The standard InChI is InChI=1S/C23H26N2O3S/c1-3-26-20-11-7-18(8-12-20)16-25(17-22-6-5-15-28-22)23(29)24-19-9-13-21(14-10-19)27-4-2/h5-15H,3-4,16-17H2,1-2H3,(H,24,29). The molecule has 0 aliphatic carbocycles. The van der Waals surface area contributed by atoms with Crippen molar-refractivity contribution < 1.29 is 13.9 Å². The summed E-state index contributed by atoms with van der Waals surface area (Å²) in [5, 5.41) is 3.94. The molecule has 6 heteroatoms. The molecule has 0 aliphatic rings. The van der Waals surface area contributed by atoms with Gasteiger partial charge in [0.05, 0.1) is 26.0 Å². The molecule has 0 fully saturated rings. The Bertz CT molecular complexity index is 878. The van der Waals surface area contributed by atoms with Crippen LogP contribution in [0, 0.1) is 0 Å². The van der Waals surface area contributed by atoms with Gasteiger partial charge < -0.3 is 24.1 Å². The molecule has 0 amide bonds. The lowest BCUT2D eigenvalue weighted by atomic mass is 10.2. The van der Waals surface area contributed by atoms with Gasteiger partial charge in [-0.25, -0.2) is 0 Å². The third kappa shape index (κ3) is 6.26. The average molecular weight is 411 g/mol. The van der Waals surface area contributed by atoms with Gasteiger partial charge in [-0.15, -0.1) is 0 Å². The number of nitrogens with one attached hydrogen (secondary N) is 1. The molecule has 0 atom stereocenters. The summed E-state index contributed by atoms with van der Waals surface area (Å²) in [6.45, 7) is 6.46. The Balaban J connectivity index is 1.70. The van der Waals surface area contributed by atoms with Gasteiger partial charge in [-0.1, -0.05) is 12.1 Å². The van der Waals surface area contributed by atoms with E-state index >= 15 is 0 Å². The van der Waals surface area contributed by atoms with Crippen LogP contribution >= 0.6 is 12.2 Å². The molecule has 29 heavy (non-hydrogen) atoms. The maximum absolute atomic E-state index is 5.70. The molecule has 1 heterocycles. The Morgan fingerprint density at radius 1 is 0.897 bits per heavy atom. The number of rotatable bonds is 9. The molecule has 3 aromatic rings. The summed E-state index contributed by atoms with van der Waals surface area (Å²) < 4.78 is 16.6. The van der Waals surface area contributed by atoms with Gasteiger partial charge in [0.25, 0.3) is 0 Å². The minimum absolute atomic E-state index is 0.572. The highest BCUT2D eigenvalue weighted by atomic mass is 32.1. The molecule has 1 aromatic heterocycles. The Hall–Kier alpha value is -2.99. The number of thiocarbonyl (C=S) groups is 1. The molecule has 2 aromatic carbocycles. The quantitative estimate of drug-likeness (QED) is 0.472. The topological polar surface area (TPSA) is 46.9 Å². The number of anilines is 1. The van der Waals surface area contributed by atoms with Crippen LogP contribution in [-0.2, 0) is 13.1 Å². The summed E-state index contributed by atoms with van der Waals surface area (Å²) in [6, 6.07) is 19.7. The highest BCUT2D eigenvalue weighted by molar-refractivity contribution is 7.80. The van der Waals surface area contributed by atoms with Crippen LogP contribution in [0.2, 0.25) is 0 Å². The minimum atomic E-state index is 0.572. The van der Waals surface area contributed by atoms with E-state index in [4.69, 9.17) is 26.1 Å². The highest BCUT2D eigenvalue weighted by Crippen LogP contribution is 2.19. The van der Waals surface area contributed by atoms with E-state index < -0.39 is 0 Å². The van der Waals surface area contributed by atoms with Crippen LogP contribution in [0.15, 0.2) is 71.3 Å². The van der Waals surface area contributed by atoms with Crippen LogP contribution < -0.4 is 14.8 Å². The van der Waals surface area contributed by atoms with E-state index in [2.05, 4.69) is 22.3 Å². The summed E-state index contributed by atoms with van der Waals surface area (Å²) in [7, 11) is 0. The van der Waals surface area contributed by atoms with Gasteiger partial charge in [-0.05, 0) is 80.2 Å². The number of nitrogens with zero attached hydrogens (tertiary/aromatic N) is 1. The summed E-state index contributed by atoms with van der Waals surface area (Å²) in [5.41, 5.74) is 2.05. The summed E-state index contributed by atoms with van der Waals surface area (Å²) in [5.74, 6) is 2.56. The molecule has 0 saturated carbocycles. The number of hydrogen-bond acceptors (Lipinski definition) is 4. The first kappa shape index (κ1) is 20.7. The fraction of sp³-hybridized carbons (Fsp3) is 0.261. The highest BCUT2D eigenvalue weighted by Gasteiger charge is 2.13. The molecular formula is C23H26N2O3S. The second-order valence-corrected chi connectivity index (χ2v) is 6.79. The number of ether oxygens (including phenoxy) is 2. The van der Waals surface area contributed by atoms with Crippen LogP contribution in [-0.4, -0.2) is 23.2 Å². The van der Waals surface area contributed by atoms with Crippen LogP contribution in [0.3, 0.4) is 0 Å². The van der Waals surface area contributed by atoms with Crippen LogP contribution in [0.4, 0.5) is 5.69 Å². The van der Waals surface area contributed by atoms with Crippen molar-refractivity contribution in [2.45, 2.75) is 26.9 Å². The molecular weight excluding hydrogens is 384 g/mol. The van der Waals surface area contributed by atoms with E-state index in [9.17, 15) is 0 Å². The first-order valence-corrected chi connectivity index (χ1v) is 10.1. The summed E-state index contributed by atoms with van der Waals surface area (Å²) in [6.07, 6.45) is 1.67. The van der Waals surface area contributed by atoms with Crippen molar-refractivity contribution >= 4 is 23.0 Å². The van der Waals surface area contributed by atoms with Crippen molar-refractivity contribution in [3.8, 4) is 11.5 Å². The SMILES string of the molecule is CCOc1ccc(CN(Cc2ccco2)C(=S)Nc2ccc(OCC)cc2)cc1. The minimum Gasteiger partial charge on any atom is -0.494 e. The first-order chi connectivity index (χ1) is 14.2. The molecule has 1 N–H and O–H groups in total. The predicted molar refractivity (Wildman–Crippen MR) is 119 cm³/mol. The Labute approximate surface area is 177 Å². The summed E-state index contributed by atoms with van der Waals surface area (Å²) in [4.78, 5) is 2.07. The molecule has 152 valence electrons. The average Bonchev–Trinajstić information content (AvgIpc) is 3.24. The zero-order valence-corrected chi connectivity index (χ0v) is 17.6. The van der Waals surface area contributed by atoms with Crippen molar-refractivity contribution in [3.05, 3.63) is 78.3 Å². The van der Waals surface area contributed by atoms with Gasteiger partial charge >= 0.3 is 0 Å². The van der Waals surface area contributed by atoms with Gasteiger partial charge in [0.2, 0.25) is 0 Å². The second kappa shape index (κ2) is 10.5. The lowest BCUT2D eigenvalue weighted by Crippen LogP contribution is -2.33. The molecule has 0 saturated heterocycles. The molecule has 3 rings (SSSR count). The van der Waals surface area contributed by atoms with Gasteiger partial charge in [0, 0.05) is 12.2 Å². The van der Waals surface area contributed by atoms with Crippen LogP contribution in [0.5, 0.6) is 11.5 Å². The molecule has 0 spiro atoms. The van der Waals surface area contributed by atoms with E-state index in [1.165, 1.54) is 0 Å². The van der Waals surface area contributed by atoms with Gasteiger partial charge in [-0.2, -0.15) is 0 Å². The smallest absolute Gasteiger partial charge is 0.174 e. The van der Waals surface area contributed by atoms with E-state index in [1.807, 2.05) is 62.4 Å². The van der Waals surface area contributed by atoms with Gasteiger partial charge in [-0.3, -0.25) is 0 Å². The number of hydrogen-bond donors (Lipinski definition) is 1. The van der Waals surface area contributed by atoms with Crippen LogP contribution in [0.25, 0.3) is 0 Å². The molecule has 5 nitrogen and oxygen atoms in total. The zero-order chi connectivity index (χ0) is 20.5. The lowest BCUT2D eigenvalue weighted by Gasteiger charge is -2.25. The van der Waals surface area contributed by atoms with Crippen molar-refractivity contribution in [1.29, 1.82) is 0 Å². The normalized spacial score (nSPS) is 10.4. The second-order valence-electron chi connectivity index (χ2n) is 6.40. The fourth-order valence-corrected chi connectivity index (χ4v) is 3.12. The largest absolute Gasteiger partial charge is 0.494 e. The van der Waals surface area contributed by atoms with Gasteiger partial charge in [0.1, 0.15) is 17.3 Å². The van der Waals surface area contributed by atoms with Gasteiger partial charge in [0.15, 0.2) is 5.11 Å². The monoisotopic (exact) mass is 410 g/mol. The fourth-order valence-electron chi connectivity index (χ4n) is 2.87. The van der Waals surface area contributed by atoms with E-state index in [1.54, 1.807) is 6.26 Å². The Morgan fingerprint density at radius 3 is 2.07 bits per heavy atom. The van der Waals surface area contributed by atoms with Crippen molar-refractivity contribution in [2.24, 2.45) is 0 Å². The molecule has 0 radical (unpaired) electrons. The van der Waals surface area contributed by atoms with Crippen molar-refractivity contribution in [2.75, 3.05) is 18.5 Å². The Morgan fingerprint density at radius 2 is 1.52 bits per heavy atom. The molecule has 0 unspecified atom stereocenters. The summed E-state index contributed by atoms with van der Waals surface area (Å²) >= 11 is 5.70. The van der Waals surface area contributed by atoms with Crippen molar-refractivity contribution in [1.82, 2.24) is 4.90 Å². The van der Waals surface area contributed by atoms with Crippen LogP contribution in [0.1, 0.15) is 25.2 Å². The maximum atomic E-state index is 5.70. The van der Waals surface area contributed by atoms with Crippen molar-refractivity contribution in [3.63, 3.8) is 0 Å². The number of benzene rings is 2.